The van der Waals surface area contributed by atoms with Gasteiger partial charge in [0.05, 0.1) is 12.7 Å². The van der Waals surface area contributed by atoms with E-state index in [1.54, 1.807) is 30.3 Å². The SMILES string of the molecule is Cc1ccc(OCCN(C)C(=O)CCc2ncc(-c3ccc(F)cc3)o2)cc1. The summed E-state index contributed by atoms with van der Waals surface area (Å²) < 4.78 is 24.3. The molecule has 6 heteroatoms. The van der Waals surface area contributed by atoms with Crippen LogP contribution in [0.25, 0.3) is 11.3 Å². The number of amides is 1. The Kier molecular flexibility index (Phi) is 6.42. The molecule has 0 aliphatic carbocycles. The van der Waals surface area contributed by atoms with Gasteiger partial charge in [0.2, 0.25) is 5.91 Å². The second-order valence-corrected chi connectivity index (χ2v) is 6.60. The molecule has 3 rings (SSSR count). The number of oxazole rings is 1. The lowest BCUT2D eigenvalue weighted by Gasteiger charge is -2.17. The molecule has 1 amide bonds. The minimum atomic E-state index is -0.302. The lowest BCUT2D eigenvalue weighted by Crippen LogP contribution is -2.31. The predicted octanol–water partition coefficient (Wildman–Crippen LogP) is 4.26. The van der Waals surface area contributed by atoms with E-state index in [-0.39, 0.29) is 11.7 Å². The van der Waals surface area contributed by atoms with Crippen LogP contribution in [0.1, 0.15) is 17.9 Å². The minimum absolute atomic E-state index is 0.00552. The predicted molar refractivity (Wildman–Crippen MR) is 105 cm³/mol. The fourth-order valence-corrected chi connectivity index (χ4v) is 2.64. The summed E-state index contributed by atoms with van der Waals surface area (Å²) in [5.74, 6) is 1.52. The van der Waals surface area contributed by atoms with Crippen LogP contribution < -0.4 is 4.74 Å². The second-order valence-electron chi connectivity index (χ2n) is 6.60. The number of aromatic nitrogens is 1. The Balaban J connectivity index is 1.43. The van der Waals surface area contributed by atoms with Crippen LogP contribution in [0.3, 0.4) is 0 Å². The second kappa shape index (κ2) is 9.17. The number of aryl methyl sites for hydroxylation is 2. The molecule has 0 aliphatic rings. The average molecular weight is 382 g/mol. The summed E-state index contributed by atoms with van der Waals surface area (Å²) in [6, 6.07) is 13.8. The normalized spacial score (nSPS) is 10.7. The molecule has 0 unspecified atom stereocenters. The van der Waals surface area contributed by atoms with Gasteiger partial charge in [0.1, 0.15) is 18.2 Å². The molecule has 3 aromatic rings. The Morgan fingerprint density at radius 2 is 1.86 bits per heavy atom. The molecule has 1 heterocycles. The first-order valence-electron chi connectivity index (χ1n) is 9.15. The zero-order valence-electron chi connectivity index (χ0n) is 16.0. The average Bonchev–Trinajstić information content (AvgIpc) is 3.17. The molecule has 0 radical (unpaired) electrons. The third-order valence-corrected chi connectivity index (χ3v) is 4.38. The van der Waals surface area contributed by atoms with Gasteiger partial charge in [-0.25, -0.2) is 9.37 Å². The van der Waals surface area contributed by atoms with Crippen LogP contribution >= 0.6 is 0 Å². The highest BCUT2D eigenvalue weighted by molar-refractivity contribution is 5.76. The molecule has 146 valence electrons. The van der Waals surface area contributed by atoms with Crippen molar-refractivity contribution in [1.29, 1.82) is 0 Å². The van der Waals surface area contributed by atoms with Gasteiger partial charge < -0.3 is 14.1 Å². The lowest BCUT2D eigenvalue weighted by atomic mass is 10.2. The van der Waals surface area contributed by atoms with Gasteiger partial charge in [-0.1, -0.05) is 17.7 Å². The summed E-state index contributed by atoms with van der Waals surface area (Å²) in [6.45, 7) is 2.95. The Morgan fingerprint density at radius 3 is 2.57 bits per heavy atom. The summed E-state index contributed by atoms with van der Waals surface area (Å²) in [5, 5.41) is 0. The first-order valence-corrected chi connectivity index (χ1v) is 9.15. The smallest absolute Gasteiger partial charge is 0.222 e. The Hall–Kier alpha value is -3.15. The number of nitrogens with zero attached hydrogens (tertiary/aromatic N) is 2. The molecule has 0 atom stereocenters. The van der Waals surface area contributed by atoms with E-state index in [0.29, 0.717) is 37.6 Å². The highest BCUT2D eigenvalue weighted by Crippen LogP contribution is 2.21. The maximum atomic E-state index is 13.0. The van der Waals surface area contributed by atoms with Crippen molar-refractivity contribution >= 4 is 5.91 Å². The van der Waals surface area contributed by atoms with Crippen LogP contribution in [0.15, 0.2) is 59.1 Å². The largest absolute Gasteiger partial charge is 0.492 e. The van der Waals surface area contributed by atoms with Crippen LogP contribution in [0, 0.1) is 12.7 Å². The van der Waals surface area contributed by atoms with E-state index in [9.17, 15) is 9.18 Å². The third kappa shape index (κ3) is 5.42. The summed E-state index contributed by atoms with van der Waals surface area (Å²) >= 11 is 0. The van der Waals surface area contributed by atoms with E-state index in [4.69, 9.17) is 9.15 Å². The van der Waals surface area contributed by atoms with Crippen molar-refractivity contribution in [1.82, 2.24) is 9.88 Å². The monoisotopic (exact) mass is 382 g/mol. The molecule has 0 aliphatic heterocycles. The van der Waals surface area contributed by atoms with Crippen LogP contribution in [-0.4, -0.2) is 36.0 Å². The summed E-state index contributed by atoms with van der Waals surface area (Å²) in [6.07, 6.45) is 2.29. The van der Waals surface area contributed by atoms with Crippen molar-refractivity contribution in [2.45, 2.75) is 19.8 Å². The van der Waals surface area contributed by atoms with Gasteiger partial charge in [0.15, 0.2) is 11.7 Å². The summed E-state index contributed by atoms with van der Waals surface area (Å²) in [4.78, 5) is 18.1. The minimum Gasteiger partial charge on any atom is -0.492 e. The van der Waals surface area contributed by atoms with Crippen molar-refractivity contribution in [2.24, 2.45) is 0 Å². The quantitative estimate of drug-likeness (QED) is 0.584. The van der Waals surface area contributed by atoms with Gasteiger partial charge in [-0.15, -0.1) is 0 Å². The molecule has 5 nitrogen and oxygen atoms in total. The molecule has 28 heavy (non-hydrogen) atoms. The number of rotatable bonds is 8. The number of carbonyl (C=O) groups excluding carboxylic acids is 1. The molecule has 0 fully saturated rings. The number of carbonyl (C=O) groups is 1. The molecule has 0 spiro atoms. The number of likely N-dealkylation sites (N-methyl/N-ethyl adjacent to an activating group) is 1. The number of ether oxygens (including phenoxy) is 1. The molecule has 1 aromatic heterocycles. The van der Waals surface area contributed by atoms with Crippen LogP contribution in [0.2, 0.25) is 0 Å². The van der Waals surface area contributed by atoms with E-state index in [2.05, 4.69) is 4.98 Å². The van der Waals surface area contributed by atoms with Gasteiger partial charge in [-0.2, -0.15) is 0 Å². The van der Waals surface area contributed by atoms with Crippen molar-refractivity contribution in [3.05, 3.63) is 72.0 Å². The standard InChI is InChI=1S/C22H23FN2O3/c1-16-3-9-19(10-4-16)27-14-13-25(2)22(26)12-11-21-24-15-20(28-21)17-5-7-18(23)8-6-17/h3-10,15H,11-14H2,1-2H3. The molecule has 2 aromatic carbocycles. The van der Waals surface area contributed by atoms with Crippen molar-refractivity contribution in [2.75, 3.05) is 20.2 Å². The maximum absolute atomic E-state index is 13.0. The van der Waals surface area contributed by atoms with Crippen molar-refractivity contribution < 1.29 is 18.3 Å². The van der Waals surface area contributed by atoms with Gasteiger partial charge in [0, 0.05) is 25.5 Å². The van der Waals surface area contributed by atoms with Gasteiger partial charge >= 0.3 is 0 Å². The molecular formula is C22H23FN2O3. The van der Waals surface area contributed by atoms with Crippen LogP contribution in [0.4, 0.5) is 4.39 Å². The topological polar surface area (TPSA) is 55.6 Å². The zero-order chi connectivity index (χ0) is 19.9. The first-order chi connectivity index (χ1) is 13.5. The fraction of sp³-hybridized carbons (Fsp3) is 0.273. The van der Waals surface area contributed by atoms with E-state index < -0.39 is 0 Å². The van der Waals surface area contributed by atoms with Crippen LogP contribution in [-0.2, 0) is 11.2 Å². The Labute approximate surface area is 163 Å². The van der Waals surface area contributed by atoms with E-state index in [0.717, 1.165) is 11.3 Å². The fourth-order valence-electron chi connectivity index (χ4n) is 2.64. The molecule has 0 bridgehead atoms. The highest BCUT2D eigenvalue weighted by Gasteiger charge is 2.12. The van der Waals surface area contributed by atoms with Gasteiger partial charge in [-0.3, -0.25) is 4.79 Å². The van der Waals surface area contributed by atoms with E-state index in [1.807, 2.05) is 31.2 Å². The molecular weight excluding hydrogens is 359 g/mol. The molecule has 0 saturated heterocycles. The number of halogens is 1. The summed E-state index contributed by atoms with van der Waals surface area (Å²) in [7, 11) is 1.75. The van der Waals surface area contributed by atoms with Gasteiger partial charge in [0.25, 0.3) is 0 Å². The highest BCUT2D eigenvalue weighted by atomic mass is 19.1. The summed E-state index contributed by atoms with van der Waals surface area (Å²) in [5.41, 5.74) is 1.92. The lowest BCUT2D eigenvalue weighted by molar-refractivity contribution is -0.130. The van der Waals surface area contributed by atoms with E-state index in [1.165, 1.54) is 17.7 Å². The van der Waals surface area contributed by atoms with Crippen molar-refractivity contribution in [3.8, 4) is 17.1 Å². The van der Waals surface area contributed by atoms with Crippen molar-refractivity contribution in [3.63, 3.8) is 0 Å². The molecule has 0 N–H and O–H groups in total. The van der Waals surface area contributed by atoms with Gasteiger partial charge in [-0.05, 0) is 43.3 Å². The molecule has 0 saturated carbocycles. The Bertz CT molecular complexity index is 904. The third-order valence-electron chi connectivity index (χ3n) is 4.38. The van der Waals surface area contributed by atoms with Crippen LogP contribution in [0.5, 0.6) is 5.75 Å². The Morgan fingerprint density at radius 1 is 1.14 bits per heavy atom. The maximum Gasteiger partial charge on any atom is 0.222 e. The van der Waals surface area contributed by atoms with E-state index >= 15 is 0 Å². The number of hydrogen-bond acceptors (Lipinski definition) is 4. The first kappa shape index (κ1) is 19.6. The zero-order valence-corrected chi connectivity index (χ0v) is 16.0. The number of benzene rings is 2. The number of hydrogen-bond donors (Lipinski definition) is 0.